The van der Waals surface area contributed by atoms with Crippen molar-refractivity contribution in [2.75, 3.05) is 26.3 Å². The highest BCUT2D eigenvalue weighted by molar-refractivity contribution is 5.98. The van der Waals surface area contributed by atoms with Crippen LogP contribution in [0.3, 0.4) is 0 Å². The van der Waals surface area contributed by atoms with Crippen LogP contribution in [0.2, 0.25) is 0 Å². The maximum Gasteiger partial charge on any atom is 0.373 e. The van der Waals surface area contributed by atoms with Gasteiger partial charge in [-0.15, -0.1) is 0 Å². The van der Waals surface area contributed by atoms with Crippen LogP contribution < -0.4 is 16.5 Å². The Morgan fingerprint density at radius 3 is 2.12 bits per heavy atom. The molecule has 0 radical (unpaired) electrons. The zero-order valence-corrected chi connectivity index (χ0v) is 25.5. The number of aliphatic hydroxyl groups excluding tert-OH is 2. The van der Waals surface area contributed by atoms with Crippen LogP contribution in [0.15, 0.2) is 54.5 Å². The van der Waals surface area contributed by atoms with Crippen molar-refractivity contribution in [1.29, 1.82) is 0 Å². The lowest BCUT2D eigenvalue weighted by molar-refractivity contribution is -0.143. The number of rotatable bonds is 16. The lowest BCUT2D eigenvalue weighted by Crippen LogP contribution is -2.54. The van der Waals surface area contributed by atoms with Gasteiger partial charge in [-0.1, -0.05) is 44.2 Å². The van der Waals surface area contributed by atoms with Crippen LogP contribution >= 0.6 is 0 Å². The molecule has 0 fully saturated rings. The fourth-order valence-corrected chi connectivity index (χ4v) is 3.39. The topological polar surface area (TPSA) is 198 Å². The molecule has 0 spiro atoms. The second kappa shape index (κ2) is 22.2. The minimum Gasteiger partial charge on any atom is -0.502 e. The normalized spacial score (nSPS) is 11.3. The first kappa shape index (κ1) is 38.6. The van der Waals surface area contributed by atoms with Gasteiger partial charge in [0.05, 0.1) is 19.3 Å². The molecule has 0 saturated carbocycles. The van der Waals surface area contributed by atoms with Crippen LogP contribution in [0, 0.1) is 5.92 Å². The molecule has 13 heteroatoms. The van der Waals surface area contributed by atoms with Crippen LogP contribution in [0.1, 0.15) is 58.9 Å². The predicted molar refractivity (Wildman–Crippen MR) is 160 cm³/mol. The van der Waals surface area contributed by atoms with Crippen molar-refractivity contribution < 1.29 is 43.7 Å². The standard InChI is InChI=1S/C25H38N4O6.C5H8O3/c1-4-35-25(34)21(30)17-23(32)29(15-9-8-14-26)28-24(33)20(16-18(2)3)27-22(31)13-12-19-10-6-5-7-11-19;1-3-8-5(7)4(2)6/h5-7,10-11,17-18,20,30H,4,8-9,12-16,26H2,1-3H3,(H,27,31)(H,28,33);6H,2-3H2,1H3/b21-17+;. The number of benzene rings is 1. The Morgan fingerprint density at radius 2 is 1.60 bits per heavy atom. The molecular weight excluding hydrogens is 560 g/mol. The quantitative estimate of drug-likeness (QED) is 0.0612. The Balaban J connectivity index is 0.00000192. The maximum absolute atomic E-state index is 13.0. The summed E-state index contributed by atoms with van der Waals surface area (Å²) < 4.78 is 8.98. The molecule has 1 aromatic carbocycles. The molecule has 0 heterocycles. The van der Waals surface area contributed by atoms with Crippen molar-refractivity contribution >= 4 is 29.7 Å². The van der Waals surface area contributed by atoms with Crippen molar-refractivity contribution in [2.45, 2.75) is 65.8 Å². The summed E-state index contributed by atoms with van der Waals surface area (Å²) in [5.41, 5.74) is 9.05. The van der Waals surface area contributed by atoms with Crippen molar-refractivity contribution in [1.82, 2.24) is 15.8 Å². The molecule has 0 aliphatic heterocycles. The average Bonchev–Trinajstić information content (AvgIpc) is 2.96. The third kappa shape index (κ3) is 17.9. The molecule has 0 bridgehead atoms. The lowest BCUT2D eigenvalue weighted by Gasteiger charge is -2.26. The molecule has 1 atom stereocenters. The number of hydrogen-bond acceptors (Lipinski definition) is 10. The van der Waals surface area contributed by atoms with Gasteiger partial charge in [0, 0.05) is 13.0 Å². The molecule has 0 aliphatic carbocycles. The second-order valence-corrected chi connectivity index (χ2v) is 9.61. The number of hydrazine groups is 1. The minimum absolute atomic E-state index is 0.0305. The van der Waals surface area contributed by atoms with Gasteiger partial charge >= 0.3 is 11.9 Å². The molecule has 1 unspecified atom stereocenters. The number of aliphatic hydroxyl groups is 2. The second-order valence-electron chi connectivity index (χ2n) is 9.61. The number of nitrogens with two attached hydrogens (primary N) is 1. The summed E-state index contributed by atoms with van der Waals surface area (Å²) in [5.74, 6) is -4.79. The van der Waals surface area contributed by atoms with E-state index < -0.39 is 41.3 Å². The Kier molecular flexibility index (Phi) is 20.0. The zero-order chi connectivity index (χ0) is 32.8. The zero-order valence-electron chi connectivity index (χ0n) is 25.5. The van der Waals surface area contributed by atoms with Gasteiger partial charge in [0.2, 0.25) is 11.7 Å². The van der Waals surface area contributed by atoms with E-state index in [1.165, 1.54) is 0 Å². The molecule has 1 rings (SSSR count). The Labute approximate surface area is 253 Å². The van der Waals surface area contributed by atoms with E-state index in [0.29, 0.717) is 38.3 Å². The van der Waals surface area contributed by atoms with Gasteiger partial charge < -0.3 is 30.7 Å². The highest BCUT2D eigenvalue weighted by Crippen LogP contribution is 2.08. The SMILES string of the molecule is C=C(O)C(=O)OCC.CCOC(=O)/C(O)=C\C(=O)N(CCCCN)NC(=O)C(CC(C)C)NC(=O)CCc1ccccc1. The molecule has 0 saturated heterocycles. The van der Waals surface area contributed by atoms with Crippen LogP contribution in [0.25, 0.3) is 0 Å². The molecule has 6 N–H and O–H groups in total. The summed E-state index contributed by atoms with van der Waals surface area (Å²) in [6.45, 7) is 10.8. The number of aryl methyl sites for hydroxylation is 1. The number of amides is 3. The first-order valence-corrected chi connectivity index (χ1v) is 14.1. The van der Waals surface area contributed by atoms with Crippen LogP contribution in [0.4, 0.5) is 0 Å². The number of hydrogen-bond donors (Lipinski definition) is 5. The van der Waals surface area contributed by atoms with Gasteiger partial charge in [0.15, 0.2) is 5.76 Å². The molecular formula is C30H46N4O9. The summed E-state index contributed by atoms with van der Waals surface area (Å²) in [6.07, 6.45) is 2.87. The van der Waals surface area contributed by atoms with E-state index in [4.69, 9.17) is 10.8 Å². The van der Waals surface area contributed by atoms with E-state index in [0.717, 1.165) is 10.6 Å². The molecule has 0 aliphatic rings. The first-order chi connectivity index (χ1) is 20.4. The summed E-state index contributed by atoms with van der Waals surface area (Å²) >= 11 is 0. The van der Waals surface area contributed by atoms with Crippen molar-refractivity contribution in [3.63, 3.8) is 0 Å². The molecule has 3 amide bonds. The number of ether oxygens (including phenoxy) is 2. The number of carbonyl (C=O) groups excluding carboxylic acids is 5. The van der Waals surface area contributed by atoms with Gasteiger partial charge in [-0.05, 0) is 64.1 Å². The van der Waals surface area contributed by atoms with Crippen LogP contribution in [-0.4, -0.2) is 77.2 Å². The van der Waals surface area contributed by atoms with E-state index in [9.17, 15) is 29.1 Å². The lowest BCUT2D eigenvalue weighted by atomic mass is 10.0. The number of nitrogens with zero attached hydrogens (tertiary/aromatic N) is 1. The summed E-state index contributed by atoms with van der Waals surface area (Å²) in [5, 5.41) is 21.9. The highest BCUT2D eigenvalue weighted by atomic mass is 16.5. The smallest absolute Gasteiger partial charge is 0.373 e. The number of carbonyl (C=O) groups is 5. The summed E-state index contributed by atoms with van der Waals surface area (Å²) in [6, 6.07) is 8.67. The van der Waals surface area contributed by atoms with Crippen molar-refractivity contribution in [3.8, 4) is 0 Å². The van der Waals surface area contributed by atoms with Gasteiger partial charge in [-0.3, -0.25) is 24.8 Å². The Hall–Kier alpha value is -4.39. The van der Waals surface area contributed by atoms with E-state index in [1.807, 2.05) is 44.2 Å². The van der Waals surface area contributed by atoms with Crippen LogP contribution in [0.5, 0.6) is 0 Å². The Morgan fingerprint density at radius 1 is 1.00 bits per heavy atom. The molecule has 240 valence electrons. The monoisotopic (exact) mass is 606 g/mol. The molecule has 1 aromatic rings. The van der Waals surface area contributed by atoms with E-state index in [2.05, 4.69) is 26.8 Å². The van der Waals surface area contributed by atoms with Crippen molar-refractivity contribution in [3.05, 3.63) is 60.1 Å². The van der Waals surface area contributed by atoms with Crippen LogP contribution in [-0.2, 0) is 39.9 Å². The van der Waals surface area contributed by atoms with Gasteiger partial charge in [-0.2, -0.15) is 0 Å². The third-order valence-corrected chi connectivity index (χ3v) is 5.45. The highest BCUT2D eigenvalue weighted by Gasteiger charge is 2.25. The van der Waals surface area contributed by atoms with Gasteiger partial charge in [-0.25, -0.2) is 9.59 Å². The predicted octanol–water partition coefficient (Wildman–Crippen LogP) is 2.38. The summed E-state index contributed by atoms with van der Waals surface area (Å²) in [7, 11) is 0. The van der Waals surface area contributed by atoms with E-state index >= 15 is 0 Å². The van der Waals surface area contributed by atoms with E-state index in [1.54, 1.807) is 13.8 Å². The van der Waals surface area contributed by atoms with Gasteiger partial charge in [0.25, 0.3) is 11.8 Å². The third-order valence-electron chi connectivity index (χ3n) is 5.45. The fourth-order valence-electron chi connectivity index (χ4n) is 3.39. The van der Waals surface area contributed by atoms with E-state index in [-0.39, 0.29) is 38.0 Å². The summed E-state index contributed by atoms with van der Waals surface area (Å²) in [4.78, 5) is 60.1. The number of esters is 2. The first-order valence-electron chi connectivity index (χ1n) is 14.1. The maximum atomic E-state index is 13.0. The minimum atomic E-state index is -1.04. The Bertz CT molecular complexity index is 1070. The molecule has 13 nitrogen and oxygen atoms in total. The number of unbranched alkanes of at least 4 members (excludes halogenated alkanes) is 1. The van der Waals surface area contributed by atoms with Gasteiger partial charge in [0.1, 0.15) is 6.04 Å². The molecule has 43 heavy (non-hydrogen) atoms. The number of nitrogens with one attached hydrogen (secondary N) is 2. The largest absolute Gasteiger partial charge is 0.502 e. The average molecular weight is 607 g/mol. The molecule has 0 aromatic heterocycles. The van der Waals surface area contributed by atoms with Crippen molar-refractivity contribution in [2.24, 2.45) is 11.7 Å². The fraction of sp³-hybridized carbons (Fsp3) is 0.500.